The van der Waals surface area contributed by atoms with Gasteiger partial charge in [-0.3, -0.25) is 4.90 Å². The zero-order valence-electron chi connectivity index (χ0n) is 11.3. The highest BCUT2D eigenvalue weighted by molar-refractivity contribution is 6.58. The van der Waals surface area contributed by atoms with Crippen molar-refractivity contribution in [3.63, 3.8) is 0 Å². The fourth-order valence-corrected chi connectivity index (χ4v) is 2.85. The Morgan fingerprint density at radius 2 is 2.21 bits per heavy atom. The highest BCUT2D eigenvalue weighted by Gasteiger charge is 2.22. The lowest BCUT2D eigenvalue weighted by Gasteiger charge is -2.16. The van der Waals surface area contributed by atoms with E-state index in [1.54, 1.807) is 12.1 Å². The minimum Gasteiger partial charge on any atom is -0.423 e. The molecule has 0 amide bonds. The molecule has 1 aliphatic rings. The molecule has 1 heterocycles. The molecule has 1 aromatic carbocycles. The summed E-state index contributed by atoms with van der Waals surface area (Å²) in [7, 11) is -1.74. The van der Waals surface area contributed by atoms with Gasteiger partial charge in [0, 0.05) is 18.6 Å². The van der Waals surface area contributed by atoms with Crippen LogP contribution in [-0.4, -0.2) is 35.2 Å². The van der Waals surface area contributed by atoms with Crippen LogP contribution >= 0.6 is 0 Å². The van der Waals surface area contributed by atoms with Crippen molar-refractivity contribution in [3.05, 3.63) is 29.6 Å². The molecule has 1 unspecified atom stereocenters. The standard InChI is InChI=1S/C14H21BFNO2/c1-2-3-11-6-7-17(9-11)10-12-4-5-14(16)13(8-12)15(18)19/h4-5,8,11,18-19H,2-3,6-7,9-10H2,1H3. The molecule has 1 atom stereocenters. The first-order valence-electron chi connectivity index (χ1n) is 6.97. The van der Waals surface area contributed by atoms with Gasteiger partial charge in [-0.15, -0.1) is 0 Å². The van der Waals surface area contributed by atoms with Crippen molar-refractivity contribution in [3.8, 4) is 0 Å². The second-order valence-electron chi connectivity index (χ2n) is 5.41. The third kappa shape index (κ3) is 3.78. The molecule has 2 N–H and O–H groups in total. The zero-order chi connectivity index (χ0) is 13.8. The van der Waals surface area contributed by atoms with E-state index in [4.69, 9.17) is 10.0 Å². The molecule has 1 saturated heterocycles. The predicted octanol–water partition coefficient (Wildman–Crippen LogP) is 1.13. The van der Waals surface area contributed by atoms with Crippen LogP contribution in [0, 0.1) is 11.7 Å². The molecule has 5 heteroatoms. The summed E-state index contributed by atoms with van der Waals surface area (Å²) in [6.07, 6.45) is 3.71. The normalized spacial score (nSPS) is 19.9. The summed E-state index contributed by atoms with van der Waals surface area (Å²) in [4.78, 5) is 2.35. The van der Waals surface area contributed by atoms with Crippen molar-refractivity contribution in [2.45, 2.75) is 32.7 Å². The molecule has 19 heavy (non-hydrogen) atoms. The predicted molar refractivity (Wildman–Crippen MR) is 74.5 cm³/mol. The average molecular weight is 265 g/mol. The van der Waals surface area contributed by atoms with E-state index in [-0.39, 0.29) is 5.46 Å². The molecular formula is C14H21BFNO2. The number of hydrogen-bond acceptors (Lipinski definition) is 3. The van der Waals surface area contributed by atoms with Gasteiger partial charge in [0.2, 0.25) is 0 Å². The molecule has 2 rings (SSSR count). The van der Waals surface area contributed by atoms with Crippen molar-refractivity contribution in [2.75, 3.05) is 13.1 Å². The summed E-state index contributed by atoms with van der Waals surface area (Å²) in [5.41, 5.74) is 0.892. The SMILES string of the molecule is CCCC1CCN(Cc2ccc(F)c(B(O)O)c2)C1. The van der Waals surface area contributed by atoms with Crippen LogP contribution in [0.4, 0.5) is 4.39 Å². The molecule has 0 radical (unpaired) electrons. The van der Waals surface area contributed by atoms with Gasteiger partial charge in [-0.05, 0) is 36.9 Å². The Bertz CT molecular complexity index is 428. The van der Waals surface area contributed by atoms with Crippen molar-refractivity contribution in [1.82, 2.24) is 4.90 Å². The summed E-state index contributed by atoms with van der Waals surface area (Å²) in [6.45, 7) is 5.11. The van der Waals surface area contributed by atoms with Gasteiger partial charge < -0.3 is 10.0 Å². The van der Waals surface area contributed by atoms with Crippen LogP contribution in [0.3, 0.4) is 0 Å². The van der Waals surface area contributed by atoms with Crippen LogP contribution in [-0.2, 0) is 6.54 Å². The first-order valence-corrected chi connectivity index (χ1v) is 6.97. The minimum atomic E-state index is -1.74. The van der Waals surface area contributed by atoms with E-state index < -0.39 is 12.9 Å². The zero-order valence-corrected chi connectivity index (χ0v) is 11.3. The Morgan fingerprint density at radius 3 is 2.89 bits per heavy atom. The van der Waals surface area contributed by atoms with E-state index in [9.17, 15) is 4.39 Å². The maximum absolute atomic E-state index is 13.4. The molecule has 1 fully saturated rings. The Hall–Kier alpha value is -0.905. The van der Waals surface area contributed by atoms with E-state index in [0.717, 1.165) is 31.1 Å². The van der Waals surface area contributed by atoms with Gasteiger partial charge in [0.05, 0.1) is 0 Å². The van der Waals surface area contributed by atoms with Gasteiger partial charge in [-0.1, -0.05) is 25.5 Å². The number of halogens is 1. The summed E-state index contributed by atoms with van der Waals surface area (Å²) in [5, 5.41) is 18.2. The topological polar surface area (TPSA) is 43.7 Å². The molecule has 0 bridgehead atoms. The third-order valence-electron chi connectivity index (χ3n) is 3.81. The second-order valence-corrected chi connectivity index (χ2v) is 5.41. The van der Waals surface area contributed by atoms with Crippen molar-refractivity contribution < 1.29 is 14.4 Å². The van der Waals surface area contributed by atoms with Crippen LogP contribution in [0.1, 0.15) is 31.7 Å². The quantitative estimate of drug-likeness (QED) is 0.784. The Balaban J connectivity index is 1.98. The maximum Gasteiger partial charge on any atom is 0.491 e. The molecule has 1 aromatic rings. The molecule has 0 aliphatic carbocycles. The highest BCUT2D eigenvalue weighted by Crippen LogP contribution is 2.22. The Labute approximate surface area is 114 Å². The van der Waals surface area contributed by atoms with Crippen molar-refractivity contribution >= 4 is 12.6 Å². The minimum absolute atomic E-state index is 0.0400. The summed E-state index contributed by atoms with van der Waals surface area (Å²) in [6, 6.07) is 4.57. The summed E-state index contributed by atoms with van der Waals surface area (Å²) in [5.74, 6) is 0.206. The van der Waals surface area contributed by atoms with Gasteiger partial charge >= 0.3 is 7.12 Å². The lowest BCUT2D eigenvalue weighted by Crippen LogP contribution is -2.33. The van der Waals surface area contributed by atoms with Crippen LogP contribution in [0.2, 0.25) is 0 Å². The van der Waals surface area contributed by atoms with E-state index >= 15 is 0 Å². The van der Waals surface area contributed by atoms with Gasteiger partial charge in [-0.2, -0.15) is 0 Å². The summed E-state index contributed by atoms with van der Waals surface area (Å²) < 4.78 is 13.4. The summed E-state index contributed by atoms with van der Waals surface area (Å²) >= 11 is 0. The monoisotopic (exact) mass is 265 g/mol. The fourth-order valence-electron chi connectivity index (χ4n) is 2.85. The number of hydrogen-bond donors (Lipinski definition) is 2. The molecule has 0 saturated carbocycles. The fraction of sp³-hybridized carbons (Fsp3) is 0.571. The molecule has 0 spiro atoms. The number of nitrogens with zero attached hydrogens (tertiary/aromatic N) is 1. The Kier molecular flexibility index (Phi) is 4.96. The molecule has 104 valence electrons. The Morgan fingerprint density at radius 1 is 1.42 bits per heavy atom. The van der Waals surface area contributed by atoms with Gasteiger partial charge in [0.1, 0.15) is 5.82 Å². The first kappa shape index (κ1) is 14.5. The van der Waals surface area contributed by atoms with Gasteiger partial charge in [0.25, 0.3) is 0 Å². The van der Waals surface area contributed by atoms with Crippen LogP contribution in [0.5, 0.6) is 0 Å². The van der Waals surface area contributed by atoms with Gasteiger partial charge in [-0.25, -0.2) is 4.39 Å². The van der Waals surface area contributed by atoms with Crippen LogP contribution in [0.25, 0.3) is 0 Å². The second kappa shape index (κ2) is 6.50. The molecule has 1 aliphatic heterocycles. The largest absolute Gasteiger partial charge is 0.491 e. The van der Waals surface area contributed by atoms with E-state index in [2.05, 4.69) is 11.8 Å². The van der Waals surface area contributed by atoms with Crippen molar-refractivity contribution in [1.29, 1.82) is 0 Å². The highest BCUT2D eigenvalue weighted by atomic mass is 19.1. The molecular weight excluding hydrogens is 244 g/mol. The number of rotatable bonds is 5. The average Bonchev–Trinajstić information content (AvgIpc) is 2.79. The van der Waals surface area contributed by atoms with Crippen LogP contribution in [0.15, 0.2) is 18.2 Å². The maximum atomic E-state index is 13.4. The number of benzene rings is 1. The molecule has 3 nitrogen and oxygen atoms in total. The van der Waals surface area contributed by atoms with E-state index in [0.29, 0.717) is 0 Å². The third-order valence-corrected chi connectivity index (χ3v) is 3.81. The first-order chi connectivity index (χ1) is 9.10. The number of likely N-dealkylation sites (tertiary alicyclic amines) is 1. The lowest BCUT2D eigenvalue weighted by molar-refractivity contribution is 0.313. The van der Waals surface area contributed by atoms with Gasteiger partial charge in [0.15, 0.2) is 0 Å². The smallest absolute Gasteiger partial charge is 0.423 e. The molecule has 0 aromatic heterocycles. The lowest BCUT2D eigenvalue weighted by atomic mass is 9.79. The van der Waals surface area contributed by atoms with E-state index in [1.807, 2.05) is 0 Å². The van der Waals surface area contributed by atoms with E-state index in [1.165, 1.54) is 25.3 Å². The van der Waals surface area contributed by atoms with Crippen molar-refractivity contribution in [2.24, 2.45) is 5.92 Å². The van der Waals surface area contributed by atoms with Crippen LogP contribution < -0.4 is 5.46 Å².